The Morgan fingerprint density at radius 1 is 1.03 bits per heavy atom. The summed E-state index contributed by atoms with van der Waals surface area (Å²) in [4.78, 5) is 38.7. The van der Waals surface area contributed by atoms with Crippen LogP contribution in [0.3, 0.4) is 0 Å². The largest absolute Gasteiger partial charge is 0.484 e. The third-order valence-corrected chi connectivity index (χ3v) is 6.25. The van der Waals surface area contributed by atoms with E-state index in [0.717, 1.165) is 33.5 Å². The summed E-state index contributed by atoms with van der Waals surface area (Å²) in [5.41, 5.74) is 4.15. The van der Waals surface area contributed by atoms with Crippen LogP contribution in [0.5, 0.6) is 5.75 Å². The lowest BCUT2D eigenvalue weighted by Gasteiger charge is -2.12. The molecule has 3 aromatic rings. The predicted molar refractivity (Wildman–Crippen MR) is 134 cm³/mol. The Bertz CT molecular complexity index is 1300. The van der Waals surface area contributed by atoms with E-state index in [2.05, 4.69) is 5.32 Å². The maximum absolute atomic E-state index is 13.1. The van der Waals surface area contributed by atoms with Crippen molar-refractivity contribution in [3.8, 4) is 5.75 Å². The van der Waals surface area contributed by atoms with Gasteiger partial charge in [-0.2, -0.15) is 0 Å². The van der Waals surface area contributed by atoms with Gasteiger partial charge in [0.1, 0.15) is 11.6 Å². The number of imide groups is 1. The Hall–Kier alpha value is -3.91. The number of thioether (sulfide) groups is 1. The van der Waals surface area contributed by atoms with Crippen molar-refractivity contribution in [2.75, 3.05) is 11.9 Å². The summed E-state index contributed by atoms with van der Waals surface area (Å²) < 4.78 is 18.7. The van der Waals surface area contributed by atoms with E-state index in [1.165, 1.54) is 12.1 Å². The van der Waals surface area contributed by atoms with Gasteiger partial charge in [0.2, 0.25) is 0 Å². The van der Waals surface area contributed by atoms with E-state index in [1.807, 2.05) is 32.0 Å². The quantitative estimate of drug-likeness (QED) is 0.430. The molecule has 0 spiro atoms. The number of ether oxygens (including phenoxy) is 1. The Labute approximate surface area is 206 Å². The van der Waals surface area contributed by atoms with Crippen LogP contribution in [0.2, 0.25) is 0 Å². The fraction of sp³-hybridized carbons (Fsp3) is 0.148. The molecule has 1 aliphatic rings. The second kappa shape index (κ2) is 10.6. The van der Waals surface area contributed by atoms with E-state index < -0.39 is 5.91 Å². The van der Waals surface area contributed by atoms with Crippen molar-refractivity contribution in [3.63, 3.8) is 0 Å². The normalized spacial score (nSPS) is 14.5. The SMILES string of the molecule is Cc1ccc(C)c(NC(=O)COc2ccc(/C=C3\SC(=O)N(Cc4ccc(F)cc4)C3=O)cc2)c1. The molecule has 1 N–H and O–H groups in total. The molecule has 4 rings (SSSR count). The van der Waals surface area contributed by atoms with Crippen LogP contribution in [0, 0.1) is 19.7 Å². The summed E-state index contributed by atoms with van der Waals surface area (Å²) in [7, 11) is 0. The van der Waals surface area contributed by atoms with Gasteiger partial charge < -0.3 is 10.1 Å². The van der Waals surface area contributed by atoms with Gasteiger partial charge in [-0.25, -0.2) is 4.39 Å². The first-order valence-electron chi connectivity index (χ1n) is 10.9. The Balaban J connectivity index is 1.34. The van der Waals surface area contributed by atoms with Crippen LogP contribution in [-0.2, 0) is 16.1 Å². The lowest BCUT2D eigenvalue weighted by Crippen LogP contribution is -2.27. The molecule has 0 atom stereocenters. The monoisotopic (exact) mass is 490 g/mol. The molecule has 0 unspecified atom stereocenters. The van der Waals surface area contributed by atoms with Gasteiger partial charge >= 0.3 is 0 Å². The summed E-state index contributed by atoms with van der Waals surface area (Å²) in [5.74, 6) is -0.537. The highest BCUT2D eigenvalue weighted by Gasteiger charge is 2.34. The van der Waals surface area contributed by atoms with Crippen LogP contribution < -0.4 is 10.1 Å². The molecule has 1 fully saturated rings. The number of carbonyl (C=O) groups is 3. The van der Waals surface area contributed by atoms with Crippen molar-refractivity contribution in [2.24, 2.45) is 0 Å². The molecule has 0 radical (unpaired) electrons. The third kappa shape index (κ3) is 6.16. The second-order valence-electron chi connectivity index (χ2n) is 8.12. The number of halogens is 1. The molecule has 178 valence electrons. The molecule has 6 nitrogen and oxygen atoms in total. The molecule has 0 saturated carbocycles. The molecule has 0 aliphatic carbocycles. The number of nitrogens with one attached hydrogen (secondary N) is 1. The van der Waals surface area contributed by atoms with Crippen molar-refractivity contribution < 1.29 is 23.5 Å². The number of nitrogens with zero attached hydrogens (tertiary/aromatic N) is 1. The Morgan fingerprint density at radius 2 is 1.74 bits per heavy atom. The number of aryl methyl sites for hydroxylation is 2. The Kier molecular flexibility index (Phi) is 7.31. The zero-order valence-electron chi connectivity index (χ0n) is 19.2. The summed E-state index contributed by atoms with van der Waals surface area (Å²) in [6, 6.07) is 18.4. The highest BCUT2D eigenvalue weighted by atomic mass is 32.2. The minimum atomic E-state index is -0.396. The summed E-state index contributed by atoms with van der Waals surface area (Å²) in [6.07, 6.45) is 1.63. The molecule has 0 bridgehead atoms. The topological polar surface area (TPSA) is 75.7 Å². The number of rotatable bonds is 7. The molecular formula is C27H23FN2O4S. The zero-order valence-corrected chi connectivity index (χ0v) is 20.0. The van der Waals surface area contributed by atoms with Gasteiger partial charge in [-0.3, -0.25) is 19.3 Å². The fourth-order valence-corrected chi connectivity index (χ4v) is 4.26. The molecular weight excluding hydrogens is 467 g/mol. The first-order chi connectivity index (χ1) is 16.8. The van der Waals surface area contributed by atoms with Crippen molar-refractivity contribution in [1.29, 1.82) is 0 Å². The molecule has 1 heterocycles. The van der Waals surface area contributed by atoms with E-state index in [4.69, 9.17) is 4.74 Å². The van der Waals surface area contributed by atoms with E-state index in [0.29, 0.717) is 21.8 Å². The maximum atomic E-state index is 13.1. The summed E-state index contributed by atoms with van der Waals surface area (Å²) in [5, 5.41) is 2.47. The number of hydrogen-bond donors (Lipinski definition) is 1. The van der Waals surface area contributed by atoms with Gasteiger partial charge in [-0.05, 0) is 84.3 Å². The standard InChI is InChI=1S/C27H23FN2O4S/c1-17-3-4-18(2)23(13-17)29-25(31)16-34-22-11-7-19(8-12-22)14-24-26(32)30(27(33)35-24)15-20-5-9-21(28)10-6-20/h3-14H,15-16H2,1-2H3,(H,29,31)/b24-14-. The molecule has 35 heavy (non-hydrogen) atoms. The van der Waals surface area contributed by atoms with Crippen LogP contribution in [0.1, 0.15) is 22.3 Å². The van der Waals surface area contributed by atoms with Gasteiger partial charge in [0.25, 0.3) is 17.1 Å². The third-order valence-electron chi connectivity index (χ3n) is 5.34. The fourth-order valence-electron chi connectivity index (χ4n) is 3.43. The van der Waals surface area contributed by atoms with Crippen molar-refractivity contribution >= 4 is 40.6 Å². The highest BCUT2D eigenvalue weighted by Crippen LogP contribution is 2.33. The summed E-state index contributed by atoms with van der Waals surface area (Å²) in [6.45, 7) is 3.82. The molecule has 3 amide bonds. The highest BCUT2D eigenvalue weighted by molar-refractivity contribution is 8.18. The molecule has 1 aliphatic heterocycles. The average molecular weight is 491 g/mol. The Morgan fingerprint density at radius 3 is 2.46 bits per heavy atom. The van der Waals surface area contributed by atoms with E-state index in [1.54, 1.807) is 42.5 Å². The number of hydrogen-bond acceptors (Lipinski definition) is 5. The predicted octanol–water partition coefficient (Wildman–Crippen LogP) is 5.70. The smallest absolute Gasteiger partial charge is 0.293 e. The zero-order chi connectivity index (χ0) is 24.9. The van der Waals surface area contributed by atoms with E-state index >= 15 is 0 Å². The minimum absolute atomic E-state index is 0.0825. The van der Waals surface area contributed by atoms with Gasteiger partial charge in [0.05, 0.1) is 11.4 Å². The van der Waals surface area contributed by atoms with Gasteiger partial charge in [0.15, 0.2) is 6.61 Å². The van der Waals surface area contributed by atoms with Crippen LogP contribution in [0.15, 0.2) is 71.6 Å². The van der Waals surface area contributed by atoms with Crippen LogP contribution in [0.25, 0.3) is 6.08 Å². The van der Waals surface area contributed by atoms with Crippen LogP contribution in [0.4, 0.5) is 14.9 Å². The average Bonchev–Trinajstić information content (AvgIpc) is 3.09. The number of benzene rings is 3. The van der Waals surface area contributed by atoms with Crippen molar-refractivity contribution in [2.45, 2.75) is 20.4 Å². The minimum Gasteiger partial charge on any atom is -0.484 e. The van der Waals surface area contributed by atoms with E-state index in [-0.39, 0.29) is 30.1 Å². The van der Waals surface area contributed by atoms with Crippen molar-refractivity contribution in [1.82, 2.24) is 4.90 Å². The van der Waals surface area contributed by atoms with Crippen LogP contribution in [-0.4, -0.2) is 28.6 Å². The van der Waals surface area contributed by atoms with Crippen LogP contribution >= 0.6 is 11.8 Å². The lowest BCUT2D eigenvalue weighted by atomic mass is 10.1. The summed E-state index contributed by atoms with van der Waals surface area (Å²) >= 11 is 0.861. The van der Waals surface area contributed by atoms with Gasteiger partial charge in [-0.1, -0.05) is 36.4 Å². The molecule has 8 heteroatoms. The first-order valence-corrected chi connectivity index (χ1v) is 11.7. The lowest BCUT2D eigenvalue weighted by molar-refractivity contribution is -0.123. The van der Waals surface area contributed by atoms with Crippen molar-refractivity contribution in [3.05, 3.63) is 99.7 Å². The first kappa shape index (κ1) is 24.2. The van der Waals surface area contributed by atoms with Gasteiger partial charge in [0, 0.05) is 5.69 Å². The second-order valence-corrected chi connectivity index (χ2v) is 9.11. The molecule has 0 aromatic heterocycles. The maximum Gasteiger partial charge on any atom is 0.293 e. The number of anilines is 1. The number of carbonyl (C=O) groups excluding carboxylic acids is 3. The molecule has 1 saturated heterocycles. The number of amides is 3. The molecule has 3 aromatic carbocycles. The van der Waals surface area contributed by atoms with Gasteiger partial charge in [-0.15, -0.1) is 0 Å². The van der Waals surface area contributed by atoms with E-state index in [9.17, 15) is 18.8 Å².